The summed E-state index contributed by atoms with van der Waals surface area (Å²) in [4.78, 5) is 0. The van der Waals surface area contributed by atoms with Crippen molar-refractivity contribution in [3.8, 4) is 0 Å². The lowest BCUT2D eigenvalue weighted by atomic mass is 10.0. The topological polar surface area (TPSA) is 9.23 Å². The molecular formula is C11H12O. The fourth-order valence-electron chi connectivity index (χ4n) is 1.63. The fraction of sp³-hybridized carbons (Fsp3) is 0.273. The van der Waals surface area contributed by atoms with Crippen LogP contribution in [-0.2, 0) is 11.2 Å². The Bertz CT molecular complexity index is 337. The standard InChI is InChI=1S/C11H12O/c1-8-4-3-5-9-6-10(12-2)7-11(8)9/h3-6H,7H2,1-2H3. The monoisotopic (exact) mass is 160 g/mol. The molecule has 0 fully saturated rings. The lowest BCUT2D eigenvalue weighted by Crippen LogP contribution is -1.89. The summed E-state index contributed by atoms with van der Waals surface area (Å²) >= 11 is 0. The number of ether oxygens (including phenoxy) is 1. The molecule has 62 valence electrons. The molecule has 1 aliphatic carbocycles. The normalized spacial score (nSPS) is 14.0. The highest BCUT2D eigenvalue weighted by Gasteiger charge is 2.13. The highest BCUT2D eigenvalue weighted by Crippen LogP contribution is 2.27. The van der Waals surface area contributed by atoms with E-state index >= 15 is 0 Å². The van der Waals surface area contributed by atoms with Crippen molar-refractivity contribution in [3.05, 3.63) is 40.6 Å². The molecule has 0 radical (unpaired) electrons. The van der Waals surface area contributed by atoms with Crippen molar-refractivity contribution in [2.75, 3.05) is 7.11 Å². The molecule has 0 bridgehead atoms. The van der Waals surface area contributed by atoms with Gasteiger partial charge in [0.05, 0.1) is 7.11 Å². The van der Waals surface area contributed by atoms with Crippen LogP contribution in [-0.4, -0.2) is 7.11 Å². The van der Waals surface area contributed by atoms with Gasteiger partial charge in [-0.3, -0.25) is 0 Å². The van der Waals surface area contributed by atoms with Crippen LogP contribution in [0.25, 0.3) is 6.08 Å². The molecule has 0 aromatic heterocycles. The van der Waals surface area contributed by atoms with Crippen LogP contribution >= 0.6 is 0 Å². The summed E-state index contributed by atoms with van der Waals surface area (Å²) in [6, 6.07) is 6.36. The first-order valence-corrected chi connectivity index (χ1v) is 4.14. The minimum absolute atomic E-state index is 0.957. The summed E-state index contributed by atoms with van der Waals surface area (Å²) in [7, 11) is 1.73. The number of hydrogen-bond donors (Lipinski definition) is 0. The minimum Gasteiger partial charge on any atom is -0.501 e. The summed E-state index contributed by atoms with van der Waals surface area (Å²) in [6.45, 7) is 2.14. The van der Waals surface area contributed by atoms with Crippen molar-refractivity contribution in [1.82, 2.24) is 0 Å². The Morgan fingerprint density at radius 1 is 1.33 bits per heavy atom. The number of benzene rings is 1. The molecule has 0 amide bonds. The van der Waals surface area contributed by atoms with Gasteiger partial charge in [-0.05, 0) is 29.7 Å². The van der Waals surface area contributed by atoms with Gasteiger partial charge in [0.25, 0.3) is 0 Å². The van der Waals surface area contributed by atoms with Crippen molar-refractivity contribution in [1.29, 1.82) is 0 Å². The van der Waals surface area contributed by atoms with Crippen LogP contribution in [0.15, 0.2) is 24.0 Å². The van der Waals surface area contributed by atoms with Gasteiger partial charge in [-0.25, -0.2) is 0 Å². The summed E-state index contributed by atoms with van der Waals surface area (Å²) in [5.41, 5.74) is 4.08. The molecule has 1 aromatic rings. The Morgan fingerprint density at radius 2 is 2.17 bits per heavy atom. The molecule has 0 aliphatic heterocycles. The first-order valence-electron chi connectivity index (χ1n) is 4.14. The van der Waals surface area contributed by atoms with E-state index < -0.39 is 0 Å². The second kappa shape index (κ2) is 2.67. The molecule has 1 aromatic carbocycles. The van der Waals surface area contributed by atoms with E-state index in [1.165, 1.54) is 16.7 Å². The predicted octanol–water partition coefficient (Wildman–Crippen LogP) is 2.54. The molecule has 1 aliphatic rings. The Kier molecular flexibility index (Phi) is 1.65. The van der Waals surface area contributed by atoms with Crippen molar-refractivity contribution in [2.24, 2.45) is 0 Å². The number of rotatable bonds is 1. The third-order valence-electron chi connectivity index (χ3n) is 2.38. The SMILES string of the molecule is COC1=Cc2cccc(C)c2C1. The van der Waals surface area contributed by atoms with Crippen molar-refractivity contribution >= 4 is 6.08 Å². The van der Waals surface area contributed by atoms with E-state index in [0.717, 1.165) is 12.2 Å². The van der Waals surface area contributed by atoms with Gasteiger partial charge in [0.1, 0.15) is 5.76 Å². The molecule has 2 rings (SSSR count). The van der Waals surface area contributed by atoms with Crippen molar-refractivity contribution in [3.63, 3.8) is 0 Å². The molecule has 12 heavy (non-hydrogen) atoms. The molecule has 0 unspecified atom stereocenters. The Hall–Kier alpha value is -1.24. The van der Waals surface area contributed by atoms with E-state index in [2.05, 4.69) is 31.2 Å². The van der Waals surface area contributed by atoms with Crippen molar-refractivity contribution in [2.45, 2.75) is 13.3 Å². The van der Waals surface area contributed by atoms with Crippen LogP contribution in [0.3, 0.4) is 0 Å². The van der Waals surface area contributed by atoms with Gasteiger partial charge in [-0.1, -0.05) is 18.2 Å². The van der Waals surface area contributed by atoms with Gasteiger partial charge in [0, 0.05) is 6.42 Å². The first kappa shape index (κ1) is 7.41. The predicted molar refractivity (Wildman–Crippen MR) is 49.9 cm³/mol. The first-order chi connectivity index (χ1) is 5.81. The minimum atomic E-state index is 0.957. The highest BCUT2D eigenvalue weighted by atomic mass is 16.5. The second-order valence-corrected chi connectivity index (χ2v) is 3.13. The average Bonchev–Trinajstić information content (AvgIpc) is 2.49. The second-order valence-electron chi connectivity index (χ2n) is 3.13. The van der Waals surface area contributed by atoms with Gasteiger partial charge in [-0.15, -0.1) is 0 Å². The third-order valence-corrected chi connectivity index (χ3v) is 2.38. The average molecular weight is 160 g/mol. The summed E-state index contributed by atoms with van der Waals surface area (Å²) in [5.74, 6) is 1.07. The van der Waals surface area contributed by atoms with Crippen molar-refractivity contribution < 1.29 is 4.74 Å². The number of methoxy groups -OCH3 is 1. The van der Waals surface area contributed by atoms with Crippen LogP contribution in [0.4, 0.5) is 0 Å². The van der Waals surface area contributed by atoms with Gasteiger partial charge in [0.2, 0.25) is 0 Å². The Morgan fingerprint density at radius 3 is 2.83 bits per heavy atom. The quantitative estimate of drug-likeness (QED) is 0.613. The van der Waals surface area contributed by atoms with Crippen LogP contribution in [0.5, 0.6) is 0 Å². The Labute approximate surface area is 72.7 Å². The number of aryl methyl sites for hydroxylation is 1. The molecule has 0 N–H and O–H groups in total. The fourth-order valence-corrected chi connectivity index (χ4v) is 1.63. The maximum atomic E-state index is 5.21. The van der Waals surface area contributed by atoms with Gasteiger partial charge in [0.15, 0.2) is 0 Å². The van der Waals surface area contributed by atoms with Gasteiger partial charge >= 0.3 is 0 Å². The maximum Gasteiger partial charge on any atom is 0.101 e. The van der Waals surface area contributed by atoms with Crippen LogP contribution in [0, 0.1) is 6.92 Å². The summed E-state index contributed by atoms with van der Waals surface area (Å²) in [6.07, 6.45) is 3.07. The lowest BCUT2D eigenvalue weighted by Gasteiger charge is -2.02. The van der Waals surface area contributed by atoms with E-state index in [-0.39, 0.29) is 0 Å². The zero-order valence-corrected chi connectivity index (χ0v) is 7.42. The molecular weight excluding hydrogens is 148 g/mol. The number of fused-ring (bicyclic) bond motifs is 1. The molecule has 0 atom stereocenters. The Balaban J connectivity index is 2.45. The third kappa shape index (κ3) is 1.02. The van der Waals surface area contributed by atoms with Gasteiger partial charge < -0.3 is 4.74 Å². The molecule has 1 heteroatoms. The van der Waals surface area contributed by atoms with Gasteiger partial charge in [-0.2, -0.15) is 0 Å². The van der Waals surface area contributed by atoms with E-state index in [4.69, 9.17) is 4.74 Å². The smallest absolute Gasteiger partial charge is 0.101 e. The highest BCUT2D eigenvalue weighted by molar-refractivity contribution is 5.63. The van der Waals surface area contributed by atoms with Crippen LogP contribution in [0.2, 0.25) is 0 Å². The molecule has 0 saturated heterocycles. The zero-order valence-electron chi connectivity index (χ0n) is 7.42. The van der Waals surface area contributed by atoms with E-state index in [0.29, 0.717) is 0 Å². The lowest BCUT2D eigenvalue weighted by molar-refractivity contribution is 0.289. The summed E-state index contributed by atoms with van der Waals surface area (Å²) in [5, 5.41) is 0. The molecule has 0 spiro atoms. The van der Waals surface area contributed by atoms with Crippen LogP contribution < -0.4 is 0 Å². The number of allylic oxidation sites excluding steroid dienone is 1. The van der Waals surface area contributed by atoms with E-state index in [1.807, 2.05) is 0 Å². The zero-order chi connectivity index (χ0) is 8.55. The van der Waals surface area contributed by atoms with E-state index in [9.17, 15) is 0 Å². The number of hydrogen-bond acceptors (Lipinski definition) is 1. The molecule has 0 heterocycles. The maximum absolute atomic E-state index is 5.21. The molecule has 1 nitrogen and oxygen atoms in total. The van der Waals surface area contributed by atoms with E-state index in [1.54, 1.807) is 7.11 Å². The van der Waals surface area contributed by atoms with Crippen LogP contribution in [0.1, 0.15) is 16.7 Å². The summed E-state index contributed by atoms with van der Waals surface area (Å²) < 4.78 is 5.21. The molecule has 0 saturated carbocycles. The largest absolute Gasteiger partial charge is 0.501 e.